The first-order valence-electron chi connectivity index (χ1n) is 9.70. The van der Waals surface area contributed by atoms with E-state index < -0.39 is 17.1 Å². The summed E-state index contributed by atoms with van der Waals surface area (Å²) < 4.78 is 21.3. The van der Waals surface area contributed by atoms with Crippen molar-refractivity contribution in [3.63, 3.8) is 0 Å². The largest absolute Gasteiger partial charge is 0.475 e. The van der Waals surface area contributed by atoms with E-state index in [9.17, 15) is 9.50 Å². The lowest BCUT2D eigenvalue weighted by Gasteiger charge is -2.32. The Morgan fingerprint density at radius 2 is 2.14 bits per heavy atom. The third-order valence-electron chi connectivity index (χ3n) is 5.33. The highest BCUT2D eigenvalue weighted by Gasteiger charge is 2.29. The van der Waals surface area contributed by atoms with Gasteiger partial charge in [-0.15, -0.1) is 0 Å². The van der Waals surface area contributed by atoms with Crippen LogP contribution >= 0.6 is 0 Å². The Morgan fingerprint density at radius 3 is 2.79 bits per heavy atom. The molecule has 0 atom stereocenters. The fraction of sp³-hybridized carbons (Fsp3) is 0.600. The number of aliphatic hydroxyl groups is 1. The van der Waals surface area contributed by atoms with Crippen molar-refractivity contribution in [3.8, 4) is 5.88 Å². The summed E-state index contributed by atoms with van der Waals surface area (Å²) in [6.07, 6.45) is 5.86. The minimum absolute atomic E-state index is 0.105. The molecule has 1 saturated carbocycles. The summed E-state index contributed by atoms with van der Waals surface area (Å²) >= 11 is 0. The lowest BCUT2D eigenvalue weighted by atomic mass is 9.80. The van der Waals surface area contributed by atoms with Crippen molar-refractivity contribution in [2.75, 3.05) is 11.9 Å². The molecule has 29 heavy (non-hydrogen) atoms. The number of hydrogen-bond donors (Lipinski definition) is 2. The first-order valence-corrected chi connectivity index (χ1v) is 9.70. The van der Waals surface area contributed by atoms with Crippen LogP contribution in [0.15, 0.2) is 12.4 Å². The third-order valence-corrected chi connectivity index (χ3v) is 5.33. The van der Waals surface area contributed by atoms with E-state index in [4.69, 9.17) is 11.3 Å². The highest BCUT2D eigenvalue weighted by Crippen LogP contribution is 2.32. The summed E-state index contributed by atoms with van der Waals surface area (Å²) in [5.74, 6) is -0.278. The summed E-state index contributed by atoms with van der Waals surface area (Å²) in [7, 11) is 0. The first kappa shape index (κ1) is 21.0. The maximum atomic E-state index is 14.1. The summed E-state index contributed by atoms with van der Waals surface area (Å²) in [5.41, 5.74) is -0.120. The number of anilines is 2. The topological polar surface area (TPSA) is 89.5 Å². The molecule has 156 valence electrons. The molecule has 0 aromatic carbocycles. The molecule has 1 aliphatic rings. The van der Waals surface area contributed by atoms with Gasteiger partial charge in [0.05, 0.1) is 36.0 Å². The van der Waals surface area contributed by atoms with Crippen LogP contribution in [0.5, 0.6) is 5.88 Å². The van der Waals surface area contributed by atoms with Gasteiger partial charge in [0.25, 0.3) is 5.88 Å². The molecule has 9 heteroatoms. The SMILES string of the molecule is [C-]#[N+]C(C)(C)n1cc(Nc2ncc(F)c(OCC3CCC(C)(O)CC3)n2)c(C)n1. The Morgan fingerprint density at radius 1 is 1.45 bits per heavy atom. The number of ether oxygens (including phenoxy) is 1. The third kappa shape index (κ3) is 5.01. The fourth-order valence-corrected chi connectivity index (χ4v) is 3.21. The summed E-state index contributed by atoms with van der Waals surface area (Å²) in [4.78, 5) is 11.7. The quantitative estimate of drug-likeness (QED) is 0.715. The van der Waals surface area contributed by atoms with Crippen LogP contribution in [0.4, 0.5) is 16.0 Å². The predicted molar refractivity (Wildman–Crippen MR) is 106 cm³/mol. The van der Waals surface area contributed by atoms with Crippen molar-refractivity contribution in [1.82, 2.24) is 19.7 Å². The van der Waals surface area contributed by atoms with Crippen LogP contribution in [0.2, 0.25) is 0 Å². The van der Waals surface area contributed by atoms with Crippen LogP contribution in [-0.2, 0) is 5.66 Å². The van der Waals surface area contributed by atoms with E-state index in [0.717, 1.165) is 19.0 Å². The van der Waals surface area contributed by atoms with Crippen LogP contribution < -0.4 is 10.1 Å². The normalized spacial score (nSPS) is 22.2. The molecule has 0 unspecified atom stereocenters. The maximum Gasteiger partial charge on any atom is 0.319 e. The number of rotatable bonds is 6. The molecule has 8 nitrogen and oxygen atoms in total. The van der Waals surface area contributed by atoms with Gasteiger partial charge in [-0.2, -0.15) is 19.2 Å². The van der Waals surface area contributed by atoms with E-state index in [1.165, 1.54) is 0 Å². The average Bonchev–Trinajstić information content (AvgIpc) is 3.04. The Bertz CT molecular complexity index is 908. The molecular weight excluding hydrogens is 375 g/mol. The fourth-order valence-electron chi connectivity index (χ4n) is 3.21. The van der Waals surface area contributed by atoms with E-state index in [1.54, 1.807) is 31.6 Å². The number of nitrogens with one attached hydrogen (secondary N) is 1. The van der Waals surface area contributed by atoms with Crippen molar-refractivity contribution < 1.29 is 14.2 Å². The van der Waals surface area contributed by atoms with Gasteiger partial charge in [0.1, 0.15) is 0 Å². The first-order chi connectivity index (χ1) is 13.6. The van der Waals surface area contributed by atoms with Crippen LogP contribution in [0.3, 0.4) is 0 Å². The van der Waals surface area contributed by atoms with Crippen molar-refractivity contribution in [3.05, 3.63) is 35.3 Å². The van der Waals surface area contributed by atoms with Gasteiger partial charge in [0.2, 0.25) is 11.8 Å². The summed E-state index contributed by atoms with van der Waals surface area (Å²) in [6.45, 7) is 14.8. The maximum absolute atomic E-state index is 14.1. The lowest BCUT2D eigenvalue weighted by Crippen LogP contribution is -2.32. The zero-order chi connectivity index (χ0) is 21.2. The van der Waals surface area contributed by atoms with Crippen molar-refractivity contribution in [2.45, 2.75) is 64.6 Å². The Balaban J connectivity index is 1.68. The van der Waals surface area contributed by atoms with Crippen LogP contribution in [0.1, 0.15) is 52.1 Å². The second kappa shape index (κ2) is 7.95. The van der Waals surface area contributed by atoms with Gasteiger partial charge in [0, 0.05) is 13.8 Å². The number of halogens is 1. The Hall–Kier alpha value is -2.73. The van der Waals surface area contributed by atoms with Gasteiger partial charge in [0.15, 0.2) is 0 Å². The molecule has 1 fully saturated rings. The summed E-state index contributed by atoms with van der Waals surface area (Å²) in [6, 6.07) is 0. The van der Waals surface area contributed by atoms with Gasteiger partial charge in [-0.05, 0) is 45.4 Å². The van der Waals surface area contributed by atoms with Gasteiger partial charge in [-0.3, -0.25) is 4.85 Å². The number of aryl methyl sites for hydroxylation is 1. The molecule has 2 aromatic rings. The zero-order valence-electron chi connectivity index (χ0n) is 17.2. The number of hydrogen-bond acceptors (Lipinski definition) is 6. The smallest absolute Gasteiger partial charge is 0.319 e. The van der Waals surface area contributed by atoms with Crippen LogP contribution in [0.25, 0.3) is 4.85 Å². The highest BCUT2D eigenvalue weighted by molar-refractivity contribution is 5.55. The summed E-state index contributed by atoms with van der Waals surface area (Å²) in [5, 5.41) is 17.4. The second-order valence-corrected chi connectivity index (χ2v) is 8.40. The second-order valence-electron chi connectivity index (χ2n) is 8.40. The van der Waals surface area contributed by atoms with Crippen molar-refractivity contribution >= 4 is 11.6 Å². The predicted octanol–water partition coefficient (Wildman–Crippen LogP) is 3.80. The average molecular weight is 402 g/mol. The molecule has 0 spiro atoms. The molecule has 0 amide bonds. The molecule has 0 radical (unpaired) electrons. The zero-order valence-corrected chi connectivity index (χ0v) is 17.2. The molecule has 3 rings (SSSR count). The van der Waals surface area contributed by atoms with Crippen molar-refractivity contribution in [1.29, 1.82) is 0 Å². The van der Waals surface area contributed by atoms with Gasteiger partial charge in [-0.25, -0.2) is 11.6 Å². The van der Waals surface area contributed by atoms with E-state index >= 15 is 0 Å². The molecule has 2 aromatic heterocycles. The molecule has 0 bridgehead atoms. The Kier molecular flexibility index (Phi) is 5.75. The molecule has 1 aliphatic carbocycles. The molecule has 2 N–H and O–H groups in total. The van der Waals surface area contributed by atoms with E-state index in [2.05, 4.69) is 25.2 Å². The number of nitrogens with zero attached hydrogens (tertiary/aromatic N) is 5. The highest BCUT2D eigenvalue weighted by atomic mass is 19.1. The minimum atomic E-state index is -0.812. The Labute approximate surface area is 169 Å². The standard InChI is InChI=1S/C20H27FN6O2/c1-13-16(11-27(26-13)19(2,3)22-5)24-18-23-10-15(21)17(25-18)29-12-14-6-8-20(4,28)9-7-14/h10-11,14,28H,6-9,12H2,1-4H3,(H,23,24,25). The molecule has 0 aliphatic heterocycles. The monoisotopic (exact) mass is 402 g/mol. The van der Waals surface area contributed by atoms with Gasteiger partial charge in [-0.1, -0.05) is 0 Å². The number of aromatic nitrogens is 4. The van der Waals surface area contributed by atoms with E-state index in [0.29, 0.717) is 30.8 Å². The van der Waals surface area contributed by atoms with Crippen molar-refractivity contribution in [2.24, 2.45) is 5.92 Å². The van der Waals surface area contributed by atoms with E-state index in [-0.39, 0.29) is 17.7 Å². The van der Waals surface area contributed by atoms with Gasteiger partial charge < -0.3 is 15.2 Å². The molecule has 2 heterocycles. The van der Waals surface area contributed by atoms with Gasteiger partial charge >= 0.3 is 5.66 Å². The van der Waals surface area contributed by atoms with Crippen LogP contribution in [0, 0.1) is 25.2 Å². The molecular formula is C20H27FN6O2. The van der Waals surface area contributed by atoms with Crippen LogP contribution in [-0.4, -0.2) is 37.1 Å². The van der Waals surface area contributed by atoms with E-state index in [1.807, 2.05) is 6.92 Å². The minimum Gasteiger partial charge on any atom is -0.475 e. The molecule has 0 saturated heterocycles. The lowest BCUT2D eigenvalue weighted by molar-refractivity contribution is 0.00103.